The lowest BCUT2D eigenvalue weighted by Gasteiger charge is -2.10. The van der Waals surface area contributed by atoms with Crippen LogP contribution in [0.4, 0.5) is 11.4 Å². The largest absolute Gasteiger partial charge is 0.381 e. The van der Waals surface area contributed by atoms with Crippen LogP contribution in [0.2, 0.25) is 0 Å². The van der Waals surface area contributed by atoms with E-state index in [-0.39, 0.29) is 0 Å². The lowest BCUT2D eigenvalue weighted by atomic mass is 10.1. The van der Waals surface area contributed by atoms with Gasteiger partial charge in [-0.15, -0.1) is 0 Å². The lowest BCUT2D eigenvalue weighted by molar-refractivity contribution is 0.607. The molecule has 0 radical (unpaired) electrons. The number of benzene rings is 2. The average molecular weight is 304 g/mol. The van der Waals surface area contributed by atoms with Crippen LogP contribution in [0.3, 0.4) is 0 Å². The summed E-state index contributed by atoms with van der Waals surface area (Å²) < 4.78 is 24.7. The Kier molecular flexibility index (Phi) is 4.53. The third-order valence-electron chi connectivity index (χ3n) is 2.97. The predicted octanol–water partition coefficient (Wildman–Crippen LogP) is 3.29. The molecule has 0 spiro atoms. The van der Waals surface area contributed by atoms with Crippen LogP contribution in [0.5, 0.6) is 0 Å². The Labute approximate surface area is 126 Å². The van der Waals surface area contributed by atoms with Crippen LogP contribution in [0.25, 0.3) is 0 Å². The Morgan fingerprint density at radius 3 is 1.95 bits per heavy atom. The van der Waals surface area contributed by atoms with Crippen molar-refractivity contribution in [3.63, 3.8) is 0 Å². The van der Waals surface area contributed by atoms with Gasteiger partial charge >= 0.3 is 0 Å². The monoisotopic (exact) mass is 304 g/mol. The average Bonchev–Trinajstić information content (AvgIpc) is 2.35. The van der Waals surface area contributed by atoms with Crippen LogP contribution in [0.15, 0.2) is 42.5 Å². The van der Waals surface area contributed by atoms with Crippen LogP contribution in [0.1, 0.15) is 16.7 Å². The van der Waals surface area contributed by atoms with Crippen LogP contribution < -0.4 is 10.0 Å². The van der Waals surface area contributed by atoms with Crippen LogP contribution >= 0.6 is 0 Å². The van der Waals surface area contributed by atoms with Gasteiger partial charge in [0.25, 0.3) is 0 Å². The van der Waals surface area contributed by atoms with Crippen molar-refractivity contribution in [1.29, 1.82) is 0 Å². The number of hydrogen-bond acceptors (Lipinski definition) is 3. The highest BCUT2D eigenvalue weighted by Crippen LogP contribution is 2.16. The molecule has 112 valence electrons. The molecule has 0 aliphatic carbocycles. The van der Waals surface area contributed by atoms with Crippen molar-refractivity contribution in [2.45, 2.75) is 20.4 Å². The Morgan fingerprint density at radius 1 is 0.905 bits per heavy atom. The van der Waals surface area contributed by atoms with E-state index >= 15 is 0 Å². The molecule has 0 bridgehead atoms. The molecule has 0 saturated heterocycles. The molecule has 2 N–H and O–H groups in total. The lowest BCUT2D eigenvalue weighted by Crippen LogP contribution is -2.09. The minimum atomic E-state index is -3.23. The fraction of sp³-hybridized carbons (Fsp3) is 0.250. The maximum atomic E-state index is 11.1. The van der Waals surface area contributed by atoms with Crippen molar-refractivity contribution in [3.8, 4) is 0 Å². The first-order chi connectivity index (χ1) is 9.82. The molecule has 5 heteroatoms. The van der Waals surface area contributed by atoms with E-state index in [1.807, 2.05) is 12.1 Å². The first-order valence-corrected chi connectivity index (χ1v) is 8.60. The molecule has 2 rings (SSSR count). The first-order valence-electron chi connectivity index (χ1n) is 6.71. The predicted molar refractivity (Wildman–Crippen MR) is 88.2 cm³/mol. The molecular formula is C16H20N2O2S. The SMILES string of the molecule is Cc1cc(C)cc(CNc2ccc(NS(C)(=O)=O)cc2)c1. The third kappa shape index (κ3) is 5.11. The summed E-state index contributed by atoms with van der Waals surface area (Å²) in [6.45, 7) is 4.91. The van der Waals surface area contributed by atoms with Crippen LogP contribution in [-0.2, 0) is 16.6 Å². The highest BCUT2D eigenvalue weighted by molar-refractivity contribution is 7.92. The maximum Gasteiger partial charge on any atom is 0.229 e. The second-order valence-electron chi connectivity index (χ2n) is 5.30. The van der Waals surface area contributed by atoms with Crippen molar-refractivity contribution >= 4 is 21.4 Å². The van der Waals surface area contributed by atoms with Gasteiger partial charge < -0.3 is 5.32 Å². The molecule has 0 aliphatic heterocycles. The fourth-order valence-electron chi connectivity index (χ4n) is 2.25. The molecule has 0 atom stereocenters. The van der Waals surface area contributed by atoms with Gasteiger partial charge in [0, 0.05) is 17.9 Å². The van der Waals surface area contributed by atoms with Gasteiger partial charge in [-0.3, -0.25) is 4.72 Å². The molecule has 0 fully saturated rings. The van der Waals surface area contributed by atoms with Gasteiger partial charge in [0.15, 0.2) is 0 Å². The minimum absolute atomic E-state index is 0.564. The van der Waals surface area contributed by atoms with Gasteiger partial charge in [-0.05, 0) is 43.7 Å². The van der Waals surface area contributed by atoms with E-state index in [1.165, 1.54) is 16.7 Å². The summed E-state index contributed by atoms with van der Waals surface area (Å²) in [5.41, 5.74) is 5.24. The smallest absolute Gasteiger partial charge is 0.229 e. The van der Waals surface area contributed by atoms with Gasteiger partial charge in [0.1, 0.15) is 0 Å². The van der Waals surface area contributed by atoms with E-state index in [0.717, 1.165) is 18.5 Å². The zero-order chi connectivity index (χ0) is 15.5. The summed E-state index contributed by atoms with van der Waals surface area (Å²) in [7, 11) is -3.23. The molecule has 4 nitrogen and oxygen atoms in total. The van der Waals surface area contributed by atoms with E-state index < -0.39 is 10.0 Å². The second-order valence-corrected chi connectivity index (χ2v) is 7.05. The molecule has 0 heterocycles. The molecule has 2 aromatic rings. The number of hydrogen-bond donors (Lipinski definition) is 2. The molecule has 0 aliphatic rings. The second kappa shape index (κ2) is 6.18. The molecule has 0 aromatic heterocycles. The summed E-state index contributed by atoms with van der Waals surface area (Å²) in [4.78, 5) is 0. The molecule has 0 saturated carbocycles. The Morgan fingerprint density at radius 2 is 1.43 bits per heavy atom. The zero-order valence-electron chi connectivity index (χ0n) is 12.5. The molecule has 0 unspecified atom stereocenters. The Hall–Kier alpha value is -2.01. The van der Waals surface area contributed by atoms with Gasteiger partial charge in [-0.25, -0.2) is 8.42 Å². The summed E-state index contributed by atoms with van der Waals surface area (Å²) in [5.74, 6) is 0. The quantitative estimate of drug-likeness (QED) is 0.891. The van der Waals surface area contributed by atoms with Crippen molar-refractivity contribution < 1.29 is 8.42 Å². The number of rotatable bonds is 5. The summed E-state index contributed by atoms with van der Waals surface area (Å²) >= 11 is 0. The van der Waals surface area contributed by atoms with Gasteiger partial charge in [-0.1, -0.05) is 29.3 Å². The van der Waals surface area contributed by atoms with Crippen molar-refractivity contribution in [2.75, 3.05) is 16.3 Å². The van der Waals surface area contributed by atoms with E-state index in [1.54, 1.807) is 12.1 Å². The highest BCUT2D eigenvalue weighted by Gasteiger charge is 2.01. The fourth-order valence-corrected chi connectivity index (χ4v) is 2.81. The van der Waals surface area contributed by atoms with E-state index in [9.17, 15) is 8.42 Å². The number of anilines is 2. The van der Waals surface area contributed by atoms with Gasteiger partial charge in [0.2, 0.25) is 10.0 Å². The van der Waals surface area contributed by atoms with E-state index in [4.69, 9.17) is 0 Å². The summed E-state index contributed by atoms with van der Waals surface area (Å²) in [6.07, 6.45) is 1.14. The molecule has 2 aromatic carbocycles. The highest BCUT2D eigenvalue weighted by atomic mass is 32.2. The van der Waals surface area contributed by atoms with E-state index in [2.05, 4.69) is 42.1 Å². The third-order valence-corrected chi connectivity index (χ3v) is 3.57. The van der Waals surface area contributed by atoms with Crippen molar-refractivity contribution in [3.05, 3.63) is 59.2 Å². The van der Waals surface area contributed by atoms with Crippen LogP contribution in [0, 0.1) is 13.8 Å². The number of sulfonamides is 1. The van der Waals surface area contributed by atoms with Crippen molar-refractivity contribution in [2.24, 2.45) is 0 Å². The molecule has 0 amide bonds. The van der Waals surface area contributed by atoms with Crippen molar-refractivity contribution in [1.82, 2.24) is 0 Å². The first kappa shape index (κ1) is 15.4. The van der Waals surface area contributed by atoms with E-state index in [0.29, 0.717) is 5.69 Å². The Balaban J connectivity index is 2.00. The van der Waals surface area contributed by atoms with Gasteiger partial charge in [-0.2, -0.15) is 0 Å². The van der Waals surface area contributed by atoms with Crippen LogP contribution in [-0.4, -0.2) is 14.7 Å². The normalized spacial score (nSPS) is 11.2. The molecule has 21 heavy (non-hydrogen) atoms. The Bertz CT molecular complexity index is 702. The zero-order valence-corrected chi connectivity index (χ0v) is 13.3. The molecular weight excluding hydrogens is 284 g/mol. The summed E-state index contributed by atoms with van der Waals surface area (Å²) in [6, 6.07) is 13.6. The topological polar surface area (TPSA) is 58.2 Å². The minimum Gasteiger partial charge on any atom is -0.381 e. The summed E-state index contributed by atoms with van der Waals surface area (Å²) in [5, 5.41) is 3.33. The number of aryl methyl sites for hydroxylation is 2. The maximum absolute atomic E-state index is 11.1. The standard InChI is InChI=1S/C16H20N2O2S/c1-12-8-13(2)10-14(9-12)11-17-15-4-6-16(7-5-15)18-21(3,19)20/h4-10,17-18H,11H2,1-3H3. The number of nitrogens with one attached hydrogen (secondary N) is 2. The van der Waals surface area contributed by atoms with Gasteiger partial charge in [0.05, 0.1) is 6.26 Å².